The van der Waals surface area contributed by atoms with Crippen LogP contribution in [-0.2, 0) is 11.3 Å². The van der Waals surface area contributed by atoms with Gasteiger partial charge in [0.15, 0.2) is 0 Å². The monoisotopic (exact) mass is 259 g/mol. The van der Waals surface area contributed by atoms with Crippen LogP contribution in [0.1, 0.15) is 12.0 Å². The molecule has 0 saturated carbocycles. The molecule has 88 valence electrons. The fraction of sp³-hybridized carbons (Fsp3) is 0.364. The van der Waals surface area contributed by atoms with Gasteiger partial charge in [0.2, 0.25) is 5.91 Å². The van der Waals surface area contributed by atoms with Gasteiger partial charge in [0, 0.05) is 13.0 Å². The van der Waals surface area contributed by atoms with Crippen molar-refractivity contribution >= 4 is 30.1 Å². The normalized spacial score (nSPS) is 9.94. The number of hydrogen-bond donors (Lipinski definition) is 2. The highest BCUT2D eigenvalue weighted by molar-refractivity contribution is 7.80. The number of nitrogens with one attached hydrogen (secondary N) is 1. The van der Waals surface area contributed by atoms with Gasteiger partial charge < -0.3 is 10.1 Å². The lowest BCUT2D eigenvalue weighted by Crippen LogP contribution is -2.22. The largest absolute Gasteiger partial charge is 0.495 e. The molecule has 0 bridgehead atoms. The molecule has 0 aliphatic rings. The van der Waals surface area contributed by atoms with E-state index in [2.05, 4.69) is 17.9 Å². The first-order valence-corrected chi connectivity index (χ1v) is 5.88. The lowest BCUT2D eigenvalue weighted by atomic mass is 10.2. The first kappa shape index (κ1) is 13.2. The van der Waals surface area contributed by atoms with Gasteiger partial charge in [-0.25, -0.2) is 0 Å². The number of rotatable bonds is 5. The molecule has 0 atom stereocenters. The summed E-state index contributed by atoms with van der Waals surface area (Å²) in [5.74, 6) is 1.17. The molecular weight excluding hydrogens is 246 g/mol. The van der Waals surface area contributed by atoms with Crippen LogP contribution < -0.4 is 10.1 Å². The minimum atomic E-state index is -0.0121. The van der Waals surface area contributed by atoms with Gasteiger partial charge in [-0.1, -0.05) is 17.7 Å². The van der Waals surface area contributed by atoms with Crippen molar-refractivity contribution in [3.05, 3.63) is 28.8 Å². The second-order valence-electron chi connectivity index (χ2n) is 3.22. The molecular formula is C11H14ClNO2S. The Hall–Kier alpha value is -0.870. The first-order valence-electron chi connectivity index (χ1n) is 4.87. The molecule has 0 aromatic heterocycles. The van der Waals surface area contributed by atoms with E-state index in [-0.39, 0.29) is 5.91 Å². The Balaban J connectivity index is 2.55. The molecule has 0 heterocycles. The molecule has 1 N–H and O–H groups in total. The number of carbonyl (C=O) groups excluding carboxylic acids is 1. The molecule has 0 spiro atoms. The highest BCUT2D eigenvalue weighted by Crippen LogP contribution is 2.24. The van der Waals surface area contributed by atoms with Crippen molar-refractivity contribution in [2.24, 2.45) is 0 Å². The fourth-order valence-electron chi connectivity index (χ4n) is 1.21. The van der Waals surface area contributed by atoms with E-state index in [1.165, 1.54) is 0 Å². The van der Waals surface area contributed by atoms with Crippen LogP contribution >= 0.6 is 24.2 Å². The van der Waals surface area contributed by atoms with Gasteiger partial charge in [-0.3, -0.25) is 4.79 Å². The summed E-state index contributed by atoms with van der Waals surface area (Å²) in [7, 11) is 1.56. The molecule has 0 radical (unpaired) electrons. The molecule has 3 nitrogen and oxygen atoms in total. The van der Waals surface area contributed by atoms with Crippen LogP contribution in [0.3, 0.4) is 0 Å². The first-order chi connectivity index (χ1) is 7.67. The zero-order valence-corrected chi connectivity index (χ0v) is 10.6. The van der Waals surface area contributed by atoms with E-state index in [9.17, 15) is 4.79 Å². The average Bonchev–Trinajstić information content (AvgIpc) is 2.27. The van der Waals surface area contributed by atoms with Crippen molar-refractivity contribution < 1.29 is 9.53 Å². The molecule has 0 aliphatic heterocycles. The standard InChI is InChI=1S/C11H14ClNO2S/c1-15-10-3-2-8(6-9(10)12)7-13-11(14)4-5-16/h2-3,6,16H,4-5,7H2,1H3,(H,13,14). The third-order valence-corrected chi connectivity index (χ3v) is 2.56. The zero-order valence-electron chi connectivity index (χ0n) is 9.00. The summed E-state index contributed by atoms with van der Waals surface area (Å²) >= 11 is 9.94. The predicted octanol–water partition coefficient (Wildman–Crippen LogP) is 2.28. The average molecular weight is 260 g/mol. The smallest absolute Gasteiger partial charge is 0.221 e. The molecule has 16 heavy (non-hydrogen) atoms. The zero-order chi connectivity index (χ0) is 12.0. The van der Waals surface area contributed by atoms with Crippen molar-refractivity contribution in [1.82, 2.24) is 5.32 Å². The number of thiol groups is 1. The maximum Gasteiger partial charge on any atom is 0.221 e. The summed E-state index contributed by atoms with van der Waals surface area (Å²) in [6, 6.07) is 5.43. The third kappa shape index (κ3) is 3.94. The molecule has 0 saturated heterocycles. The van der Waals surface area contributed by atoms with E-state index in [1.807, 2.05) is 6.07 Å². The minimum Gasteiger partial charge on any atom is -0.495 e. The molecule has 1 aromatic rings. The molecule has 1 aromatic carbocycles. The summed E-state index contributed by atoms with van der Waals surface area (Å²) in [5, 5.41) is 3.32. The Labute approximate surface area is 106 Å². The lowest BCUT2D eigenvalue weighted by molar-refractivity contribution is -0.120. The summed E-state index contributed by atoms with van der Waals surface area (Å²) in [6.45, 7) is 0.469. The SMILES string of the molecule is COc1ccc(CNC(=O)CCS)cc1Cl. The lowest BCUT2D eigenvalue weighted by Gasteiger charge is -2.07. The number of amides is 1. The number of methoxy groups -OCH3 is 1. The second kappa shape index (κ2) is 6.66. The van der Waals surface area contributed by atoms with Gasteiger partial charge in [-0.15, -0.1) is 0 Å². The van der Waals surface area contributed by atoms with E-state index >= 15 is 0 Å². The Bertz CT molecular complexity index is 371. The number of hydrogen-bond acceptors (Lipinski definition) is 3. The van der Waals surface area contributed by atoms with Gasteiger partial charge in [-0.05, 0) is 23.4 Å². The van der Waals surface area contributed by atoms with Crippen molar-refractivity contribution in [1.29, 1.82) is 0 Å². The van der Waals surface area contributed by atoms with Crippen LogP contribution in [0, 0.1) is 0 Å². The number of carbonyl (C=O) groups is 1. The van der Waals surface area contributed by atoms with Crippen LogP contribution in [-0.4, -0.2) is 18.8 Å². The van der Waals surface area contributed by atoms with Crippen molar-refractivity contribution in [2.45, 2.75) is 13.0 Å². The molecule has 1 rings (SSSR count). The maximum atomic E-state index is 11.2. The molecule has 1 amide bonds. The summed E-state index contributed by atoms with van der Waals surface area (Å²) in [4.78, 5) is 11.2. The molecule has 0 fully saturated rings. The van der Waals surface area contributed by atoms with Gasteiger partial charge >= 0.3 is 0 Å². The number of benzene rings is 1. The molecule has 0 unspecified atom stereocenters. The van der Waals surface area contributed by atoms with Gasteiger partial charge in [0.25, 0.3) is 0 Å². The van der Waals surface area contributed by atoms with Crippen LogP contribution in [0.15, 0.2) is 18.2 Å². The highest BCUT2D eigenvalue weighted by atomic mass is 35.5. The Morgan fingerprint density at radius 2 is 2.31 bits per heavy atom. The summed E-state index contributed by atoms with van der Waals surface area (Å²) in [6.07, 6.45) is 0.424. The van der Waals surface area contributed by atoms with Crippen LogP contribution in [0.5, 0.6) is 5.75 Å². The number of halogens is 1. The summed E-state index contributed by atoms with van der Waals surface area (Å²) < 4.78 is 5.03. The predicted molar refractivity (Wildman–Crippen MR) is 68.3 cm³/mol. The van der Waals surface area contributed by atoms with Crippen molar-refractivity contribution in [2.75, 3.05) is 12.9 Å². The van der Waals surface area contributed by atoms with Crippen molar-refractivity contribution in [3.63, 3.8) is 0 Å². The third-order valence-electron chi connectivity index (χ3n) is 2.04. The highest BCUT2D eigenvalue weighted by Gasteiger charge is 2.03. The van der Waals surface area contributed by atoms with Crippen molar-refractivity contribution in [3.8, 4) is 5.75 Å². The number of ether oxygens (including phenoxy) is 1. The Morgan fingerprint density at radius 3 is 2.88 bits per heavy atom. The molecule has 5 heteroatoms. The minimum absolute atomic E-state index is 0.0121. The van der Waals surface area contributed by atoms with Gasteiger partial charge in [0.05, 0.1) is 12.1 Å². The van der Waals surface area contributed by atoms with E-state index < -0.39 is 0 Å². The van der Waals surface area contributed by atoms with Gasteiger partial charge in [0.1, 0.15) is 5.75 Å². The Morgan fingerprint density at radius 1 is 1.56 bits per heavy atom. The van der Waals surface area contributed by atoms with E-state index in [1.54, 1.807) is 19.2 Å². The van der Waals surface area contributed by atoms with Crippen LogP contribution in [0.2, 0.25) is 5.02 Å². The maximum absolute atomic E-state index is 11.2. The molecule has 0 aliphatic carbocycles. The summed E-state index contributed by atoms with van der Waals surface area (Å²) in [5.41, 5.74) is 0.943. The topological polar surface area (TPSA) is 38.3 Å². The van der Waals surface area contributed by atoms with E-state index in [0.29, 0.717) is 29.5 Å². The van der Waals surface area contributed by atoms with Gasteiger partial charge in [-0.2, -0.15) is 12.6 Å². The van der Waals surface area contributed by atoms with E-state index in [4.69, 9.17) is 16.3 Å². The second-order valence-corrected chi connectivity index (χ2v) is 4.07. The Kier molecular flexibility index (Phi) is 5.49. The van der Waals surface area contributed by atoms with Crippen LogP contribution in [0.25, 0.3) is 0 Å². The quantitative estimate of drug-likeness (QED) is 0.797. The van der Waals surface area contributed by atoms with Crippen LogP contribution in [0.4, 0.5) is 0 Å². The van der Waals surface area contributed by atoms with E-state index in [0.717, 1.165) is 5.56 Å². The fourth-order valence-corrected chi connectivity index (χ4v) is 1.69.